The van der Waals surface area contributed by atoms with E-state index in [1.807, 2.05) is 12.3 Å². The fourth-order valence-electron chi connectivity index (χ4n) is 1.76. The van der Waals surface area contributed by atoms with E-state index in [1.54, 1.807) is 41.5 Å². The summed E-state index contributed by atoms with van der Waals surface area (Å²) in [5.41, 5.74) is 7.86. The topological polar surface area (TPSA) is 46.3 Å². The maximum atomic E-state index is 12.3. The van der Waals surface area contributed by atoms with Gasteiger partial charge in [0.2, 0.25) is 0 Å². The molecule has 0 saturated carbocycles. The Balaban J connectivity index is 2.17. The van der Waals surface area contributed by atoms with Crippen LogP contribution in [0.1, 0.15) is 20.8 Å². The fourth-order valence-corrected chi connectivity index (χ4v) is 2.99. The molecule has 1 aromatic heterocycles. The number of thiophene rings is 1. The predicted octanol–water partition coefficient (Wildman–Crippen LogP) is 3.56. The first-order valence-electron chi connectivity index (χ1n) is 5.82. The van der Waals surface area contributed by atoms with E-state index < -0.39 is 0 Å². The third-order valence-electron chi connectivity index (χ3n) is 2.92. The first-order valence-corrected chi connectivity index (χ1v) is 7.08. The summed E-state index contributed by atoms with van der Waals surface area (Å²) >= 11 is 7.71. The molecule has 0 radical (unpaired) electrons. The van der Waals surface area contributed by atoms with Crippen LogP contribution in [0.2, 0.25) is 5.02 Å². The molecular weight excluding hydrogens is 280 g/mol. The van der Waals surface area contributed by atoms with Gasteiger partial charge in [-0.1, -0.05) is 11.6 Å². The van der Waals surface area contributed by atoms with Crippen molar-refractivity contribution in [2.24, 2.45) is 0 Å². The zero-order valence-electron chi connectivity index (χ0n) is 10.8. The van der Waals surface area contributed by atoms with Crippen molar-refractivity contribution in [2.45, 2.75) is 13.5 Å². The minimum absolute atomic E-state index is 0.0993. The molecule has 1 aromatic carbocycles. The van der Waals surface area contributed by atoms with Gasteiger partial charge in [-0.3, -0.25) is 4.79 Å². The number of halogens is 1. The van der Waals surface area contributed by atoms with Crippen molar-refractivity contribution in [2.75, 3.05) is 12.8 Å². The zero-order valence-corrected chi connectivity index (χ0v) is 12.4. The van der Waals surface area contributed by atoms with E-state index in [0.29, 0.717) is 22.8 Å². The van der Waals surface area contributed by atoms with Crippen LogP contribution < -0.4 is 5.73 Å². The molecule has 2 rings (SSSR count). The zero-order chi connectivity index (χ0) is 14.0. The quantitative estimate of drug-likeness (QED) is 0.880. The van der Waals surface area contributed by atoms with Crippen molar-refractivity contribution in [3.8, 4) is 0 Å². The van der Waals surface area contributed by atoms with Gasteiger partial charge < -0.3 is 10.6 Å². The molecule has 0 bridgehead atoms. The summed E-state index contributed by atoms with van der Waals surface area (Å²) in [5, 5.41) is 2.42. The van der Waals surface area contributed by atoms with Gasteiger partial charge in [0, 0.05) is 17.6 Å². The van der Waals surface area contributed by atoms with Crippen molar-refractivity contribution in [1.29, 1.82) is 0 Å². The maximum Gasteiger partial charge on any atom is 0.255 e. The summed E-state index contributed by atoms with van der Waals surface area (Å²) < 4.78 is 0. The molecule has 0 aliphatic carbocycles. The molecule has 0 atom stereocenters. The van der Waals surface area contributed by atoms with Gasteiger partial charge in [0.05, 0.1) is 17.1 Å². The first-order chi connectivity index (χ1) is 8.99. The molecule has 2 aromatic rings. The Morgan fingerprint density at radius 3 is 2.74 bits per heavy atom. The second kappa shape index (κ2) is 5.63. The number of benzene rings is 1. The number of nitrogens with zero attached hydrogens (tertiary/aromatic N) is 1. The molecule has 2 N–H and O–H groups in total. The molecule has 0 spiro atoms. The molecule has 0 unspecified atom stereocenters. The van der Waals surface area contributed by atoms with Crippen LogP contribution in [0.3, 0.4) is 0 Å². The number of amides is 1. The molecule has 0 aliphatic heterocycles. The number of hydrogen-bond acceptors (Lipinski definition) is 3. The van der Waals surface area contributed by atoms with Crippen LogP contribution in [0.15, 0.2) is 29.6 Å². The van der Waals surface area contributed by atoms with Crippen LogP contribution in [0.25, 0.3) is 0 Å². The number of carbonyl (C=O) groups excluding carboxylic acids is 1. The Morgan fingerprint density at radius 1 is 1.42 bits per heavy atom. The number of nitrogen functional groups attached to an aromatic ring is 1. The van der Waals surface area contributed by atoms with Gasteiger partial charge in [-0.25, -0.2) is 0 Å². The summed E-state index contributed by atoms with van der Waals surface area (Å²) in [5.74, 6) is -0.0993. The highest BCUT2D eigenvalue weighted by Crippen LogP contribution is 2.22. The lowest BCUT2D eigenvalue weighted by Crippen LogP contribution is -2.26. The van der Waals surface area contributed by atoms with Crippen molar-refractivity contribution in [3.63, 3.8) is 0 Å². The molecule has 1 amide bonds. The van der Waals surface area contributed by atoms with Gasteiger partial charge in [-0.15, -0.1) is 11.3 Å². The van der Waals surface area contributed by atoms with E-state index in [9.17, 15) is 4.79 Å². The molecule has 0 saturated heterocycles. The van der Waals surface area contributed by atoms with Gasteiger partial charge in [0.25, 0.3) is 5.91 Å². The molecule has 19 heavy (non-hydrogen) atoms. The summed E-state index contributed by atoms with van der Waals surface area (Å²) in [6.07, 6.45) is 0. The third kappa shape index (κ3) is 3.08. The van der Waals surface area contributed by atoms with Crippen molar-refractivity contribution in [1.82, 2.24) is 4.90 Å². The maximum absolute atomic E-state index is 12.3. The molecule has 5 heteroatoms. The van der Waals surface area contributed by atoms with E-state index in [-0.39, 0.29) is 5.91 Å². The Kier molecular flexibility index (Phi) is 4.12. The fraction of sp³-hybridized carbons (Fsp3) is 0.214. The van der Waals surface area contributed by atoms with Crippen LogP contribution in [0, 0.1) is 6.92 Å². The standard InChI is InChI=1S/C14H15ClN2OS/c1-9-5-6-19-13(9)8-17(2)14(18)11-4-3-10(16)7-12(11)15/h3-7H,8,16H2,1-2H3. The minimum atomic E-state index is -0.0993. The van der Waals surface area contributed by atoms with Gasteiger partial charge in [0.15, 0.2) is 0 Å². The van der Waals surface area contributed by atoms with Crippen molar-refractivity contribution >= 4 is 34.5 Å². The molecular formula is C14H15ClN2OS. The van der Waals surface area contributed by atoms with E-state index in [1.165, 1.54) is 10.4 Å². The van der Waals surface area contributed by atoms with E-state index in [4.69, 9.17) is 17.3 Å². The van der Waals surface area contributed by atoms with Crippen LogP contribution >= 0.6 is 22.9 Å². The van der Waals surface area contributed by atoms with Crippen molar-refractivity contribution in [3.05, 3.63) is 50.7 Å². The molecule has 1 heterocycles. The smallest absolute Gasteiger partial charge is 0.255 e. The third-order valence-corrected chi connectivity index (χ3v) is 4.24. The lowest BCUT2D eigenvalue weighted by molar-refractivity contribution is 0.0786. The Morgan fingerprint density at radius 2 is 2.16 bits per heavy atom. The molecule has 3 nitrogen and oxygen atoms in total. The largest absolute Gasteiger partial charge is 0.399 e. The van der Waals surface area contributed by atoms with Crippen LogP contribution in [0.5, 0.6) is 0 Å². The number of hydrogen-bond donors (Lipinski definition) is 1. The Labute approximate surface area is 121 Å². The SMILES string of the molecule is Cc1ccsc1CN(C)C(=O)c1ccc(N)cc1Cl. The Bertz CT molecular complexity index is 609. The second-order valence-corrected chi connectivity index (χ2v) is 5.84. The van der Waals surface area contributed by atoms with Gasteiger partial charge >= 0.3 is 0 Å². The molecule has 0 aliphatic rings. The number of anilines is 1. The van der Waals surface area contributed by atoms with Crippen LogP contribution in [-0.2, 0) is 6.54 Å². The Hall–Kier alpha value is -1.52. The number of rotatable bonds is 3. The first kappa shape index (κ1) is 13.9. The predicted molar refractivity (Wildman–Crippen MR) is 80.7 cm³/mol. The van der Waals surface area contributed by atoms with E-state index >= 15 is 0 Å². The minimum Gasteiger partial charge on any atom is -0.399 e. The number of carbonyl (C=O) groups is 1. The highest BCUT2D eigenvalue weighted by molar-refractivity contribution is 7.10. The van der Waals surface area contributed by atoms with Gasteiger partial charge in [0.1, 0.15) is 0 Å². The highest BCUT2D eigenvalue weighted by Gasteiger charge is 2.16. The monoisotopic (exact) mass is 294 g/mol. The number of nitrogens with two attached hydrogens (primary N) is 1. The summed E-state index contributed by atoms with van der Waals surface area (Å²) in [6, 6.07) is 6.99. The summed E-state index contributed by atoms with van der Waals surface area (Å²) in [7, 11) is 1.77. The molecule has 100 valence electrons. The average Bonchev–Trinajstić information content (AvgIpc) is 2.74. The van der Waals surface area contributed by atoms with E-state index in [2.05, 4.69) is 6.07 Å². The normalized spacial score (nSPS) is 10.5. The lowest BCUT2D eigenvalue weighted by atomic mass is 10.1. The second-order valence-electron chi connectivity index (χ2n) is 4.43. The lowest BCUT2D eigenvalue weighted by Gasteiger charge is -2.17. The summed E-state index contributed by atoms with van der Waals surface area (Å²) in [6.45, 7) is 2.63. The van der Waals surface area contributed by atoms with Gasteiger partial charge in [-0.05, 0) is 42.1 Å². The summed E-state index contributed by atoms with van der Waals surface area (Å²) in [4.78, 5) is 15.2. The van der Waals surface area contributed by atoms with Crippen LogP contribution in [0.4, 0.5) is 5.69 Å². The highest BCUT2D eigenvalue weighted by atomic mass is 35.5. The number of aryl methyl sites for hydroxylation is 1. The van der Waals surface area contributed by atoms with E-state index in [0.717, 1.165) is 0 Å². The van der Waals surface area contributed by atoms with Crippen LogP contribution in [-0.4, -0.2) is 17.9 Å². The van der Waals surface area contributed by atoms with Crippen molar-refractivity contribution < 1.29 is 4.79 Å². The average molecular weight is 295 g/mol. The van der Waals surface area contributed by atoms with Gasteiger partial charge in [-0.2, -0.15) is 0 Å². The molecule has 0 fully saturated rings.